The molecule has 6 heteroatoms. The number of alkyl halides is 1. The molecule has 0 bridgehead atoms. The highest BCUT2D eigenvalue weighted by molar-refractivity contribution is 7.90. The van der Waals surface area contributed by atoms with Crippen molar-refractivity contribution in [2.24, 2.45) is 5.92 Å². The summed E-state index contributed by atoms with van der Waals surface area (Å²) in [6, 6.07) is 0. The van der Waals surface area contributed by atoms with E-state index in [2.05, 4.69) is 16.7 Å². The summed E-state index contributed by atoms with van der Waals surface area (Å²) in [6.45, 7) is 2.59. The maximum atomic E-state index is 11.1. The first kappa shape index (κ1) is 12.2. The monoisotopic (exact) mass is 240 g/mol. The zero-order chi connectivity index (χ0) is 10.6. The lowest BCUT2D eigenvalue weighted by Gasteiger charge is -2.29. The summed E-state index contributed by atoms with van der Waals surface area (Å²) >= 11 is 5.28. The van der Waals surface area contributed by atoms with Gasteiger partial charge in [0.15, 0.2) is 0 Å². The summed E-state index contributed by atoms with van der Waals surface area (Å²) in [5.74, 6) is 0.423. The fourth-order valence-electron chi connectivity index (χ4n) is 1.72. The Morgan fingerprint density at radius 1 is 1.57 bits per heavy atom. The molecule has 0 radical (unpaired) electrons. The predicted octanol–water partition coefficient (Wildman–Crippen LogP) is 0.444. The number of likely N-dealkylation sites (tertiary alicyclic amines) is 1. The molecule has 1 rings (SSSR count). The number of nitrogens with one attached hydrogen (secondary N) is 1. The third kappa shape index (κ3) is 4.13. The number of hydrogen-bond acceptors (Lipinski definition) is 3. The van der Waals surface area contributed by atoms with Crippen molar-refractivity contribution < 1.29 is 8.42 Å². The van der Waals surface area contributed by atoms with Crippen LogP contribution in [-0.4, -0.2) is 45.2 Å². The van der Waals surface area contributed by atoms with Crippen LogP contribution < -0.4 is 4.72 Å². The summed E-state index contributed by atoms with van der Waals surface area (Å²) in [7, 11) is -1.18. The van der Waals surface area contributed by atoms with Gasteiger partial charge < -0.3 is 4.90 Å². The second-order valence-corrected chi connectivity index (χ2v) is 6.23. The van der Waals surface area contributed by atoms with Crippen molar-refractivity contribution in [1.29, 1.82) is 0 Å². The van der Waals surface area contributed by atoms with Crippen LogP contribution in [0.1, 0.15) is 12.8 Å². The lowest BCUT2D eigenvalue weighted by atomic mass is 9.99. The minimum atomic E-state index is -3.24. The molecule has 1 heterocycles. The molecule has 0 aromatic carbocycles. The number of sulfonamides is 1. The van der Waals surface area contributed by atoms with Crippen LogP contribution in [0.4, 0.5) is 0 Å². The van der Waals surface area contributed by atoms with Gasteiger partial charge in [-0.2, -0.15) is 0 Å². The van der Waals surface area contributed by atoms with Gasteiger partial charge in [0.25, 0.3) is 0 Å². The molecule has 0 amide bonds. The van der Waals surface area contributed by atoms with Crippen LogP contribution in [0.15, 0.2) is 0 Å². The van der Waals surface area contributed by atoms with Crippen molar-refractivity contribution in [3.8, 4) is 0 Å². The van der Waals surface area contributed by atoms with Crippen LogP contribution in [0.5, 0.6) is 0 Å². The maximum absolute atomic E-state index is 11.1. The van der Waals surface area contributed by atoms with Crippen molar-refractivity contribution in [1.82, 2.24) is 9.62 Å². The fourth-order valence-corrected chi connectivity index (χ4v) is 2.52. The van der Waals surface area contributed by atoms with Gasteiger partial charge in [0.2, 0.25) is 10.0 Å². The van der Waals surface area contributed by atoms with Gasteiger partial charge in [-0.15, -0.1) is 11.6 Å². The van der Waals surface area contributed by atoms with Crippen LogP contribution in [0.25, 0.3) is 0 Å². The van der Waals surface area contributed by atoms with E-state index in [1.54, 1.807) is 0 Å². The molecule has 0 aliphatic carbocycles. The van der Waals surface area contributed by atoms with Crippen LogP contribution in [0.3, 0.4) is 0 Å². The van der Waals surface area contributed by atoms with Crippen LogP contribution in [0, 0.1) is 5.92 Å². The lowest BCUT2D eigenvalue weighted by molar-refractivity contribution is 0.211. The summed E-state index contributed by atoms with van der Waals surface area (Å²) in [5.41, 5.74) is 0. The standard InChI is InChI=1S/C8H17ClN2O2S/c1-11-4-2-3-8(6-11)5-10-14(12,13)7-9/h8,10H,2-7H2,1H3. The lowest BCUT2D eigenvalue weighted by Crippen LogP contribution is -2.39. The topological polar surface area (TPSA) is 49.4 Å². The van der Waals surface area contributed by atoms with Gasteiger partial charge in [-0.3, -0.25) is 0 Å². The Bertz CT molecular complexity index is 269. The summed E-state index contributed by atoms with van der Waals surface area (Å²) in [6.07, 6.45) is 2.24. The van der Waals surface area contributed by atoms with Gasteiger partial charge in [-0.05, 0) is 32.4 Å². The van der Waals surface area contributed by atoms with Crippen molar-refractivity contribution in [3.05, 3.63) is 0 Å². The first-order valence-electron chi connectivity index (χ1n) is 4.75. The average molecular weight is 241 g/mol. The second kappa shape index (κ2) is 5.30. The quantitative estimate of drug-likeness (QED) is 0.726. The largest absolute Gasteiger partial charge is 0.306 e. The highest BCUT2D eigenvalue weighted by Crippen LogP contribution is 2.14. The molecule has 14 heavy (non-hydrogen) atoms. The molecule has 0 spiro atoms. The van der Waals surface area contributed by atoms with Gasteiger partial charge in [0.05, 0.1) is 0 Å². The minimum absolute atomic E-state index is 0.352. The molecule has 0 aromatic rings. The molecule has 1 saturated heterocycles. The zero-order valence-electron chi connectivity index (χ0n) is 8.37. The van der Waals surface area contributed by atoms with Gasteiger partial charge in [-0.25, -0.2) is 13.1 Å². The first-order chi connectivity index (χ1) is 6.53. The molecular formula is C8H17ClN2O2S. The van der Waals surface area contributed by atoms with E-state index in [1.807, 2.05) is 0 Å². The van der Waals surface area contributed by atoms with Crippen molar-refractivity contribution >= 4 is 21.6 Å². The summed E-state index contributed by atoms with van der Waals surface area (Å²) in [4.78, 5) is 2.23. The Morgan fingerprint density at radius 3 is 2.86 bits per heavy atom. The molecule has 4 nitrogen and oxygen atoms in total. The Hall–Kier alpha value is 0.160. The van der Waals surface area contributed by atoms with Gasteiger partial charge in [-0.1, -0.05) is 0 Å². The SMILES string of the molecule is CN1CCCC(CNS(=O)(=O)CCl)C1. The summed E-state index contributed by atoms with van der Waals surface area (Å²) in [5, 5.41) is -0.352. The molecule has 0 saturated carbocycles. The number of hydrogen-bond donors (Lipinski definition) is 1. The normalized spacial score (nSPS) is 25.1. The fraction of sp³-hybridized carbons (Fsp3) is 1.00. The molecule has 0 aromatic heterocycles. The Labute approximate surface area is 90.7 Å². The molecule has 84 valence electrons. The smallest absolute Gasteiger partial charge is 0.225 e. The summed E-state index contributed by atoms with van der Waals surface area (Å²) < 4.78 is 24.6. The zero-order valence-corrected chi connectivity index (χ0v) is 9.94. The maximum Gasteiger partial charge on any atom is 0.225 e. The number of halogens is 1. The minimum Gasteiger partial charge on any atom is -0.306 e. The van der Waals surface area contributed by atoms with E-state index in [-0.39, 0.29) is 5.21 Å². The number of nitrogens with zero attached hydrogens (tertiary/aromatic N) is 1. The van der Waals surface area contributed by atoms with E-state index >= 15 is 0 Å². The Kier molecular flexibility index (Phi) is 4.63. The Morgan fingerprint density at radius 2 is 2.29 bits per heavy atom. The van der Waals surface area contributed by atoms with E-state index in [1.165, 1.54) is 0 Å². The van der Waals surface area contributed by atoms with Crippen LogP contribution in [-0.2, 0) is 10.0 Å². The third-order valence-corrected chi connectivity index (χ3v) is 4.21. The van der Waals surface area contributed by atoms with Crippen molar-refractivity contribution in [3.63, 3.8) is 0 Å². The predicted molar refractivity (Wildman–Crippen MR) is 57.9 cm³/mol. The molecule has 1 N–H and O–H groups in total. The molecule has 1 atom stereocenters. The van der Waals surface area contributed by atoms with Crippen LogP contribution in [0.2, 0.25) is 0 Å². The van der Waals surface area contributed by atoms with Crippen molar-refractivity contribution in [2.45, 2.75) is 12.8 Å². The van der Waals surface area contributed by atoms with E-state index in [9.17, 15) is 8.42 Å². The van der Waals surface area contributed by atoms with E-state index in [0.717, 1.165) is 25.9 Å². The van der Waals surface area contributed by atoms with Crippen molar-refractivity contribution in [2.75, 3.05) is 31.9 Å². The van der Waals surface area contributed by atoms with Gasteiger partial charge in [0, 0.05) is 13.1 Å². The molecule has 1 unspecified atom stereocenters. The molecular weight excluding hydrogens is 224 g/mol. The number of piperidine rings is 1. The van der Waals surface area contributed by atoms with E-state index < -0.39 is 10.0 Å². The van der Waals surface area contributed by atoms with E-state index in [4.69, 9.17) is 11.6 Å². The first-order valence-corrected chi connectivity index (χ1v) is 6.94. The Balaban J connectivity index is 2.31. The average Bonchev–Trinajstić information content (AvgIpc) is 2.15. The number of rotatable bonds is 4. The molecule has 1 aliphatic rings. The molecule has 1 aliphatic heterocycles. The highest BCUT2D eigenvalue weighted by Gasteiger charge is 2.18. The van der Waals surface area contributed by atoms with Crippen LogP contribution >= 0.6 is 11.6 Å². The van der Waals surface area contributed by atoms with E-state index in [0.29, 0.717) is 12.5 Å². The highest BCUT2D eigenvalue weighted by atomic mass is 35.5. The molecule has 1 fully saturated rings. The van der Waals surface area contributed by atoms with Gasteiger partial charge in [0.1, 0.15) is 5.21 Å². The second-order valence-electron chi connectivity index (χ2n) is 3.84. The van der Waals surface area contributed by atoms with Gasteiger partial charge >= 0.3 is 0 Å². The third-order valence-electron chi connectivity index (χ3n) is 2.46.